The van der Waals surface area contributed by atoms with Gasteiger partial charge < -0.3 is 11.1 Å². The summed E-state index contributed by atoms with van der Waals surface area (Å²) in [4.78, 5) is 13.5. The molecule has 7 heteroatoms. The fourth-order valence-corrected chi connectivity index (χ4v) is 3.33. The summed E-state index contributed by atoms with van der Waals surface area (Å²) in [5, 5.41) is 2.90. The van der Waals surface area contributed by atoms with Crippen LogP contribution in [0.25, 0.3) is 0 Å². The van der Waals surface area contributed by atoms with E-state index in [2.05, 4.69) is 5.32 Å². The van der Waals surface area contributed by atoms with Gasteiger partial charge in [0.25, 0.3) is 0 Å². The van der Waals surface area contributed by atoms with Crippen LogP contribution >= 0.6 is 0 Å². The molecule has 1 heterocycles. The summed E-state index contributed by atoms with van der Waals surface area (Å²) < 4.78 is 36.9. The standard InChI is InChI=1S/C14H24F3N3O/c15-14(16,17)9-20-5-4-10(8-20)7-19-13(21)11-2-1-3-12(18)6-11/h10-12H,1-9,18H2,(H,19,21). The van der Waals surface area contributed by atoms with Gasteiger partial charge in [-0.05, 0) is 38.1 Å². The van der Waals surface area contributed by atoms with Gasteiger partial charge in [0.05, 0.1) is 6.54 Å². The molecule has 122 valence electrons. The number of carbonyl (C=O) groups excluding carboxylic acids is 1. The van der Waals surface area contributed by atoms with E-state index in [1.807, 2.05) is 0 Å². The maximum absolute atomic E-state index is 12.3. The van der Waals surface area contributed by atoms with Crippen LogP contribution in [0.1, 0.15) is 32.1 Å². The minimum Gasteiger partial charge on any atom is -0.356 e. The molecule has 0 aromatic heterocycles. The zero-order valence-electron chi connectivity index (χ0n) is 12.2. The molecule has 3 unspecified atom stereocenters. The lowest BCUT2D eigenvalue weighted by molar-refractivity contribution is -0.143. The third kappa shape index (κ3) is 5.47. The second-order valence-corrected chi connectivity index (χ2v) is 6.37. The monoisotopic (exact) mass is 307 g/mol. The predicted octanol–water partition coefficient (Wildman–Crippen LogP) is 1.50. The van der Waals surface area contributed by atoms with Gasteiger partial charge in [0, 0.05) is 25.0 Å². The van der Waals surface area contributed by atoms with Crippen LogP contribution in [0.4, 0.5) is 13.2 Å². The summed E-state index contributed by atoms with van der Waals surface area (Å²) >= 11 is 0. The summed E-state index contributed by atoms with van der Waals surface area (Å²) in [5.41, 5.74) is 5.86. The van der Waals surface area contributed by atoms with Crippen LogP contribution in [-0.2, 0) is 4.79 Å². The van der Waals surface area contributed by atoms with Crippen LogP contribution in [0.3, 0.4) is 0 Å². The van der Waals surface area contributed by atoms with Gasteiger partial charge in [-0.1, -0.05) is 6.42 Å². The highest BCUT2D eigenvalue weighted by atomic mass is 19.4. The molecule has 0 bridgehead atoms. The molecule has 3 N–H and O–H groups in total. The average Bonchev–Trinajstić information content (AvgIpc) is 2.81. The number of hydrogen-bond donors (Lipinski definition) is 2. The van der Waals surface area contributed by atoms with Gasteiger partial charge >= 0.3 is 6.18 Å². The van der Waals surface area contributed by atoms with Gasteiger partial charge in [0.15, 0.2) is 0 Å². The Kier molecular flexibility index (Phi) is 5.48. The first-order chi connectivity index (χ1) is 9.83. The number of amides is 1. The van der Waals surface area contributed by atoms with E-state index < -0.39 is 12.7 Å². The molecule has 3 atom stereocenters. The van der Waals surface area contributed by atoms with E-state index in [0.717, 1.165) is 25.7 Å². The Bertz CT molecular complexity index is 362. The molecule has 0 aromatic carbocycles. The number of likely N-dealkylation sites (tertiary alicyclic amines) is 1. The third-order valence-electron chi connectivity index (χ3n) is 4.42. The number of hydrogen-bond acceptors (Lipinski definition) is 3. The molecule has 1 saturated carbocycles. The van der Waals surface area contributed by atoms with E-state index in [9.17, 15) is 18.0 Å². The van der Waals surface area contributed by atoms with Crippen molar-refractivity contribution in [2.75, 3.05) is 26.2 Å². The maximum Gasteiger partial charge on any atom is 0.401 e. The second-order valence-electron chi connectivity index (χ2n) is 6.37. The van der Waals surface area contributed by atoms with Crippen molar-refractivity contribution >= 4 is 5.91 Å². The van der Waals surface area contributed by atoms with E-state index in [1.54, 1.807) is 0 Å². The summed E-state index contributed by atoms with van der Waals surface area (Å²) in [6.07, 6.45) is 0.0961. The Hall–Kier alpha value is -0.820. The zero-order chi connectivity index (χ0) is 15.5. The van der Waals surface area contributed by atoms with Crippen molar-refractivity contribution in [3.05, 3.63) is 0 Å². The van der Waals surface area contributed by atoms with E-state index in [-0.39, 0.29) is 23.8 Å². The molecule has 2 rings (SSSR count). The van der Waals surface area contributed by atoms with Crippen LogP contribution in [0, 0.1) is 11.8 Å². The van der Waals surface area contributed by atoms with Crippen molar-refractivity contribution in [3.8, 4) is 0 Å². The van der Waals surface area contributed by atoms with Gasteiger partial charge in [-0.15, -0.1) is 0 Å². The number of nitrogens with one attached hydrogen (secondary N) is 1. The van der Waals surface area contributed by atoms with Gasteiger partial charge in [0.2, 0.25) is 5.91 Å². The molecule has 2 fully saturated rings. The van der Waals surface area contributed by atoms with Crippen molar-refractivity contribution in [1.29, 1.82) is 0 Å². The Morgan fingerprint density at radius 1 is 1.29 bits per heavy atom. The van der Waals surface area contributed by atoms with Crippen molar-refractivity contribution in [2.24, 2.45) is 17.6 Å². The smallest absolute Gasteiger partial charge is 0.356 e. The highest BCUT2D eigenvalue weighted by Gasteiger charge is 2.34. The zero-order valence-corrected chi connectivity index (χ0v) is 12.2. The summed E-state index contributed by atoms with van der Waals surface area (Å²) in [5.74, 6) is 0.106. The fraction of sp³-hybridized carbons (Fsp3) is 0.929. The van der Waals surface area contributed by atoms with Crippen LogP contribution in [0.2, 0.25) is 0 Å². The van der Waals surface area contributed by atoms with Crippen molar-refractivity contribution in [3.63, 3.8) is 0 Å². The number of carbonyl (C=O) groups is 1. The Morgan fingerprint density at radius 3 is 2.71 bits per heavy atom. The van der Waals surface area contributed by atoms with E-state index in [0.29, 0.717) is 26.1 Å². The summed E-state index contributed by atoms with van der Waals surface area (Å²) in [6.45, 7) is 0.478. The minimum absolute atomic E-state index is 0.0134. The van der Waals surface area contributed by atoms with Crippen molar-refractivity contribution in [1.82, 2.24) is 10.2 Å². The maximum atomic E-state index is 12.3. The number of nitrogens with two attached hydrogens (primary N) is 1. The number of halogens is 3. The molecule has 0 spiro atoms. The Morgan fingerprint density at radius 2 is 2.05 bits per heavy atom. The second kappa shape index (κ2) is 6.96. The molecular weight excluding hydrogens is 283 g/mol. The average molecular weight is 307 g/mol. The first-order valence-electron chi connectivity index (χ1n) is 7.66. The lowest BCUT2D eigenvalue weighted by atomic mass is 9.85. The topological polar surface area (TPSA) is 58.4 Å². The van der Waals surface area contributed by atoms with E-state index in [1.165, 1.54) is 4.90 Å². The molecule has 2 aliphatic rings. The van der Waals surface area contributed by atoms with Crippen LogP contribution < -0.4 is 11.1 Å². The summed E-state index contributed by atoms with van der Waals surface area (Å²) in [7, 11) is 0. The third-order valence-corrected chi connectivity index (χ3v) is 4.42. The van der Waals surface area contributed by atoms with Gasteiger partial charge in [-0.25, -0.2) is 0 Å². The Balaban J connectivity index is 1.68. The fourth-order valence-electron chi connectivity index (χ4n) is 3.33. The molecule has 0 radical (unpaired) electrons. The van der Waals surface area contributed by atoms with Crippen LogP contribution in [-0.4, -0.2) is 49.2 Å². The van der Waals surface area contributed by atoms with E-state index >= 15 is 0 Å². The molecule has 4 nitrogen and oxygen atoms in total. The molecule has 1 aliphatic carbocycles. The quantitative estimate of drug-likeness (QED) is 0.827. The van der Waals surface area contributed by atoms with Crippen LogP contribution in [0.5, 0.6) is 0 Å². The lowest BCUT2D eigenvalue weighted by Gasteiger charge is -2.26. The largest absolute Gasteiger partial charge is 0.401 e. The lowest BCUT2D eigenvalue weighted by Crippen LogP contribution is -2.40. The number of nitrogens with zero attached hydrogens (tertiary/aromatic N) is 1. The molecule has 1 amide bonds. The van der Waals surface area contributed by atoms with E-state index in [4.69, 9.17) is 5.73 Å². The van der Waals surface area contributed by atoms with Gasteiger partial charge in [-0.3, -0.25) is 9.69 Å². The van der Waals surface area contributed by atoms with Crippen molar-refractivity contribution < 1.29 is 18.0 Å². The number of rotatable bonds is 4. The first-order valence-corrected chi connectivity index (χ1v) is 7.66. The number of alkyl halides is 3. The Labute approximate surface area is 123 Å². The normalized spacial score (nSPS) is 31.3. The molecule has 21 heavy (non-hydrogen) atoms. The van der Waals surface area contributed by atoms with Gasteiger partial charge in [-0.2, -0.15) is 13.2 Å². The minimum atomic E-state index is -4.14. The van der Waals surface area contributed by atoms with Crippen LogP contribution in [0.15, 0.2) is 0 Å². The predicted molar refractivity (Wildman–Crippen MR) is 73.5 cm³/mol. The van der Waals surface area contributed by atoms with Gasteiger partial charge in [0.1, 0.15) is 0 Å². The SMILES string of the molecule is NC1CCCC(C(=O)NCC2CCN(CC(F)(F)F)C2)C1. The highest BCUT2D eigenvalue weighted by Crippen LogP contribution is 2.24. The molecule has 1 saturated heterocycles. The highest BCUT2D eigenvalue weighted by molar-refractivity contribution is 5.78. The summed E-state index contributed by atoms with van der Waals surface area (Å²) in [6, 6.07) is 0.100. The molecular formula is C14H24F3N3O. The first kappa shape index (κ1) is 16.5. The molecule has 0 aromatic rings. The van der Waals surface area contributed by atoms with Crippen molar-refractivity contribution in [2.45, 2.75) is 44.3 Å². The molecule has 1 aliphatic heterocycles.